The van der Waals surface area contributed by atoms with E-state index in [1.54, 1.807) is 30.3 Å². The summed E-state index contributed by atoms with van der Waals surface area (Å²) in [5, 5.41) is 65.1. The number of carbonyl (C=O) groups excluding carboxylic acids is 1. The number of aliphatic hydroxyl groups is 6. The van der Waals surface area contributed by atoms with Gasteiger partial charge >= 0.3 is 0 Å². The zero-order chi connectivity index (χ0) is 32.6. The standard InChI is InChI=1S/C36H36FNO8/c37-26-15-11-21(12-16-26)28(39)18-17-27-34(44)38-36(27,24-7-2-1-3-8-24)25-13-9-20(10-14-25)22-5-4-6-23(19-22)29(40)33-31(42)30(41)32(43)35(45)46-33/h1-16,19,27-33,35,39-43,45H,17-18H2,(H,38,44)/t27-,28-,29-,30-,31-,32+,33+,35?,36-/m0/s1. The largest absolute Gasteiger partial charge is 0.388 e. The van der Waals surface area contributed by atoms with Crippen molar-refractivity contribution >= 4 is 5.91 Å². The summed E-state index contributed by atoms with van der Waals surface area (Å²) in [4.78, 5) is 13.0. The van der Waals surface area contributed by atoms with Crippen molar-refractivity contribution in [1.29, 1.82) is 0 Å². The summed E-state index contributed by atoms with van der Waals surface area (Å²) in [5.74, 6) is -0.988. The first-order valence-electron chi connectivity index (χ1n) is 15.2. The van der Waals surface area contributed by atoms with E-state index in [-0.39, 0.29) is 11.7 Å². The molecule has 0 saturated carbocycles. The summed E-state index contributed by atoms with van der Waals surface area (Å²) in [5.41, 5.74) is 3.40. The van der Waals surface area contributed by atoms with Crippen molar-refractivity contribution in [3.05, 3.63) is 131 Å². The lowest BCUT2D eigenvalue weighted by Gasteiger charge is -2.50. The summed E-state index contributed by atoms with van der Waals surface area (Å²) in [6, 6.07) is 29.8. The first-order valence-corrected chi connectivity index (χ1v) is 15.2. The molecule has 240 valence electrons. The Balaban J connectivity index is 1.25. The smallest absolute Gasteiger partial charge is 0.227 e. The molecule has 46 heavy (non-hydrogen) atoms. The van der Waals surface area contributed by atoms with E-state index in [1.807, 2.05) is 60.7 Å². The summed E-state index contributed by atoms with van der Waals surface area (Å²) in [7, 11) is 0. The van der Waals surface area contributed by atoms with E-state index in [0.717, 1.165) is 22.3 Å². The van der Waals surface area contributed by atoms with Crippen molar-refractivity contribution in [1.82, 2.24) is 5.32 Å². The molecule has 2 saturated heterocycles. The molecule has 2 heterocycles. The Hall–Kier alpha value is -4.00. The lowest BCUT2D eigenvalue weighted by atomic mass is 9.64. The fourth-order valence-electron chi connectivity index (χ4n) is 6.59. The Labute approximate surface area is 265 Å². The van der Waals surface area contributed by atoms with E-state index in [0.29, 0.717) is 24.0 Å². The van der Waals surface area contributed by atoms with Gasteiger partial charge in [0.25, 0.3) is 0 Å². The fourth-order valence-corrected chi connectivity index (χ4v) is 6.59. The number of benzene rings is 4. The van der Waals surface area contributed by atoms with Crippen molar-refractivity contribution in [2.24, 2.45) is 5.92 Å². The fraction of sp³-hybridized carbons (Fsp3) is 0.306. The number of β-lactam (4-membered cyclic amide) rings is 1. The maximum absolute atomic E-state index is 13.4. The van der Waals surface area contributed by atoms with Crippen LogP contribution in [0.4, 0.5) is 4.39 Å². The van der Waals surface area contributed by atoms with Crippen LogP contribution < -0.4 is 5.32 Å². The third kappa shape index (κ3) is 5.85. The second-order valence-electron chi connectivity index (χ2n) is 12.0. The van der Waals surface area contributed by atoms with Crippen LogP contribution in [0.3, 0.4) is 0 Å². The molecule has 1 unspecified atom stereocenters. The van der Waals surface area contributed by atoms with Crippen molar-refractivity contribution in [2.75, 3.05) is 0 Å². The molecule has 9 nitrogen and oxygen atoms in total. The number of amides is 1. The molecule has 2 aliphatic rings. The van der Waals surface area contributed by atoms with Gasteiger partial charge in [-0.1, -0.05) is 84.9 Å². The third-order valence-corrected chi connectivity index (χ3v) is 9.21. The van der Waals surface area contributed by atoms with Crippen LogP contribution in [0.15, 0.2) is 103 Å². The van der Waals surface area contributed by atoms with Crippen LogP contribution in [0, 0.1) is 11.7 Å². The zero-order valence-electron chi connectivity index (χ0n) is 24.7. The Morgan fingerprint density at radius 3 is 2.09 bits per heavy atom. The minimum Gasteiger partial charge on any atom is -0.388 e. The minimum atomic E-state index is -1.77. The van der Waals surface area contributed by atoms with Gasteiger partial charge in [-0.2, -0.15) is 0 Å². The number of halogens is 1. The maximum atomic E-state index is 13.4. The second-order valence-corrected chi connectivity index (χ2v) is 12.0. The topological polar surface area (TPSA) is 160 Å². The molecule has 2 fully saturated rings. The molecule has 6 rings (SSSR count). The van der Waals surface area contributed by atoms with Crippen LogP contribution in [-0.2, 0) is 15.1 Å². The number of hydrogen-bond donors (Lipinski definition) is 7. The average Bonchev–Trinajstić information content (AvgIpc) is 3.08. The molecule has 0 aromatic heterocycles. The Kier molecular flexibility index (Phi) is 9.04. The van der Waals surface area contributed by atoms with Gasteiger partial charge < -0.3 is 40.7 Å². The van der Waals surface area contributed by atoms with E-state index in [2.05, 4.69) is 5.32 Å². The van der Waals surface area contributed by atoms with Crippen LogP contribution in [0.2, 0.25) is 0 Å². The van der Waals surface area contributed by atoms with Gasteiger partial charge in [0.2, 0.25) is 5.91 Å². The summed E-state index contributed by atoms with van der Waals surface area (Å²) in [6.07, 6.45) is -9.76. The number of rotatable bonds is 9. The number of carbonyl (C=O) groups is 1. The van der Waals surface area contributed by atoms with Gasteiger partial charge in [0.15, 0.2) is 6.29 Å². The van der Waals surface area contributed by atoms with Gasteiger partial charge in [-0.15, -0.1) is 0 Å². The molecular weight excluding hydrogens is 593 g/mol. The lowest BCUT2D eigenvalue weighted by molar-refractivity contribution is -0.297. The first-order chi connectivity index (χ1) is 22.1. The summed E-state index contributed by atoms with van der Waals surface area (Å²) < 4.78 is 18.6. The number of hydrogen-bond acceptors (Lipinski definition) is 8. The van der Waals surface area contributed by atoms with Gasteiger partial charge in [0.05, 0.1) is 12.0 Å². The molecule has 7 N–H and O–H groups in total. The van der Waals surface area contributed by atoms with Crippen LogP contribution in [-0.4, -0.2) is 67.3 Å². The molecule has 1 amide bonds. The van der Waals surface area contributed by atoms with E-state index >= 15 is 0 Å². The van der Waals surface area contributed by atoms with E-state index < -0.39 is 54.4 Å². The summed E-state index contributed by atoms with van der Waals surface area (Å²) in [6.45, 7) is 0. The molecule has 0 aliphatic carbocycles. The quantitative estimate of drug-likeness (QED) is 0.139. The van der Waals surface area contributed by atoms with Gasteiger partial charge in [0, 0.05) is 0 Å². The third-order valence-electron chi connectivity index (χ3n) is 9.21. The SMILES string of the molecule is O=C1N[C@@](c2ccccc2)(c2ccc(-c3cccc([C@H](O)[C@H]4OC(O)[C@H](O)[C@@H](O)[C@@H]4O)c3)cc2)[C@H]1CC[C@H](O)c1ccc(F)cc1. The molecule has 0 bridgehead atoms. The molecule has 4 aromatic carbocycles. The molecule has 0 radical (unpaired) electrons. The molecule has 0 spiro atoms. The highest BCUT2D eigenvalue weighted by Crippen LogP contribution is 2.47. The van der Waals surface area contributed by atoms with Gasteiger partial charge in [0.1, 0.15) is 41.9 Å². The van der Waals surface area contributed by atoms with Crippen LogP contribution >= 0.6 is 0 Å². The van der Waals surface area contributed by atoms with Crippen molar-refractivity contribution in [3.63, 3.8) is 0 Å². The molecule has 10 heteroatoms. The predicted molar refractivity (Wildman–Crippen MR) is 165 cm³/mol. The number of nitrogens with one attached hydrogen (secondary N) is 1. The van der Waals surface area contributed by atoms with Gasteiger partial charge in [-0.25, -0.2) is 4.39 Å². The maximum Gasteiger partial charge on any atom is 0.227 e. The first kappa shape index (κ1) is 32.0. The zero-order valence-corrected chi connectivity index (χ0v) is 24.7. The van der Waals surface area contributed by atoms with Crippen molar-refractivity contribution in [3.8, 4) is 11.1 Å². The van der Waals surface area contributed by atoms with Crippen LogP contribution in [0.1, 0.15) is 47.3 Å². The van der Waals surface area contributed by atoms with Crippen LogP contribution in [0.25, 0.3) is 11.1 Å². The van der Waals surface area contributed by atoms with E-state index in [4.69, 9.17) is 4.74 Å². The Morgan fingerprint density at radius 1 is 0.739 bits per heavy atom. The Bertz CT molecular complexity index is 1650. The highest BCUT2D eigenvalue weighted by Gasteiger charge is 2.55. The monoisotopic (exact) mass is 629 g/mol. The van der Waals surface area contributed by atoms with Crippen LogP contribution in [0.5, 0.6) is 0 Å². The Morgan fingerprint density at radius 2 is 1.41 bits per heavy atom. The molecule has 4 aromatic rings. The normalized spacial score (nSPS) is 29.0. The van der Waals surface area contributed by atoms with E-state index in [9.17, 15) is 39.8 Å². The van der Waals surface area contributed by atoms with Gasteiger partial charge in [-0.05, 0) is 64.4 Å². The van der Waals surface area contributed by atoms with Gasteiger partial charge in [-0.3, -0.25) is 4.79 Å². The summed E-state index contributed by atoms with van der Waals surface area (Å²) >= 11 is 0. The van der Waals surface area contributed by atoms with E-state index in [1.165, 1.54) is 12.1 Å². The number of ether oxygens (including phenoxy) is 1. The molecular formula is C36H36FNO8. The van der Waals surface area contributed by atoms with Crippen molar-refractivity contribution < 1.29 is 44.6 Å². The van der Waals surface area contributed by atoms with Crippen molar-refractivity contribution in [2.45, 2.75) is 61.3 Å². The highest BCUT2D eigenvalue weighted by molar-refractivity contribution is 5.90. The number of aliphatic hydroxyl groups excluding tert-OH is 6. The average molecular weight is 630 g/mol. The molecule has 9 atom stereocenters. The molecule has 2 aliphatic heterocycles. The minimum absolute atomic E-state index is 0.129. The second kappa shape index (κ2) is 13.0. The lowest BCUT2D eigenvalue weighted by Crippen LogP contribution is -2.67. The highest BCUT2D eigenvalue weighted by atomic mass is 19.1. The predicted octanol–water partition coefficient (Wildman–Crippen LogP) is 2.83.